The molecule has 0 fully saturated rings. The van der Waals surface area contributed by atoms with Gasteiger partial charge in [-0.2, -0.15) is 0 Å². The zero-order valence-corrected chi connectivity index (χ0v) is 17.3. The Hall–Kier alpha value is -3.73. The first-order valence-corrected chi connectivity index (χ1v) is 9.77. The standard InChI is InChI=1S/C19H18N6O4S/c1-23-16-15(17(27)24(2)19(23)28)25(10-20-16)8-14(26)22-18-21-13(9-30-18)11-5-4-6-12(7-11)29-3/h4-7,9-10H,8H2,1-3H3,(H,21,22,26). The van der Waals surface area contributed by atoms with E-state index in [1.54, 1.807) is 7.11 Å². The first-order chi connectivity index (χ1) is 14.4. The van der Waals surface area contributed by atoms with Gasteiger partial charge in [-0.25, -0.2) is 14.8 Å². The van der Waals surface area contributed by atoms with E-state index >= 15 is 0 Å². The molecule has 4 aromatic rings. The number of imidazole rings is 1. The van der Waals surface area contributed by atoms with Gasteiger partial charge < -0.3 is 14.6 Å². The number of carbonyl (C=O) groups is 1. The highest BCUT2D eigenvalue weighted by Gasteiger charge is 2.16. The summed E-state index contributed by atoms with van der Waals surface area (Å²) in [7, 11) is 4.51. The number of amides is 1. The molecule has 0 aliphatic carbocycles. The van der Waals surface area contributed by atoms with Crippen LogP contribution in [0, 0.1) is 0 Å². The predicted octanol–water partition coefficient (Wildman–Crippen LogP) is 1.20. The number of anilines is 1. The van der Waals surface area contributed by atoms with E-state index in [0.717, 1.165) is 10.1 Å². The number of benzene rings is 1. The smallest absolute Gasteiger partial charge is 0.332 e. The van der Waals surface area contributed by atoms with Gasteiger partial charge in [-0.05, 0) is 12.1 Å². The SMILES string of the molecule is COc1cccc(-c2csc(NC(=O)Cn3cnc4c3c(=O)n(C)c(=O)n4C)n2)c1. The highest BCUT2D eigenvalue weighted by molar-refractivity contribution is 7.14. The Balaban J connectivity index is 1.56. The second kappa shape index (κ2) is 7.59. The predicted molar refractivity (Wildman–Crippen MR) is 113 cm³/mol. The van der Waals surface area contributed by atoms with Gasteiger partial charge >= 0.3 is 5.69 Å². The summed E-state index contributed by atoms with van der Waals surface area (Å²) < 4.78 is 8.90. The van der Waals surface area contributed by atoms with Crippen LogP contribution in [0.25, 0.3) is 22.4 Å². The van der Waals surface area contributed by atoms with Gasteiger partial charge in [0.1, 0.15) is 12.3 Å². The topological polar surface area (TPSA) is 113 Å². The lowest BCUT2D eigenvalue weighted by Gasteiger charge is -2.06. The minimum absolute atomic E-state index is 0.141. The second-order valence-electron chi connectivity index (χ2n) is 6.57. The number of aryl methyl sites for hydroxylation is 1. The number of carbonyl (C=O) groups excluding carboxylic acids is 1. The Bertz CT molecular complexity index is 1380. The maximum Gasteiger partial charge on any atom is 0.332 e. The lowest BCUT2D eigenvalue weighted by atomic mass is 10.2. The molecule has 11 heteroatoms. The number of methoxy groups -OCH3 is 1. The van der Waals surface area contributed by atoms with E-state index in [1.807, 2.05) is 29.6 Å². The van der Waals surface area contributed by atoms with Crippen molar-refractivity contribution in [3.63, 3.8) is 0 Å². The number of hydrogen-bond donors (Lipinski definition) is 1. The van der Waals surface area contributed by atoms with Crippen molar-refractivity contribution in [1.29, 1.82) is 0 Å². The van der Waals surface area contributed by atoms with E-state index in [-0.39, 0.29) is 23.6 Å². The molecule has 30 heavy (non-hydrogen) atoms. The van der Waals surface area contributed by atoms with Gasteiger partial charge in [0.2, 0.25) is 5.91 Å². The first kappa shape index (κ1) is 19.6. The van der Waals surface area contributed by atoms with Crippen LogP contribution in [0.3, 0.4) is 0 Å². The van der Waals surface area contributed by atoms with Crippen LogP contribution in [0.1, 0.15) is 0 Å². The molecule has 0 bridgehead atoms. The molecular weight excluding hydrogens is 408 g/mol. The number of nitrogens with one attached hydrogen (secondary N) is 1. The van der Waals surface area contributed by atoms with Gasteiger partial charge in [0.25, 0.3) is 5.56 Å². The molecular formula is C19H18N6O4S. The Morgan fingerprint density at radius 1 is 1.23 bits per heavy atom. The van der Waals surface area contributed by atoms with E-state index in [2.05, 4.69) is 15.3 Å². The van der Waals surface area contributed by atoms with E-state index in [1.165, 1.54) is 40.9 Å². The minimum atomic E-state index is -0.507. The third kappa shape index (κ3) is 3.39. The summed E-state index contributed by atoms with van der Waals surface area (Å²) >= 11 is 1.29. The van der Waals surface area contributed by atoms with E-state index in [0.29, 0.717) is 16.6 Å². The molecule has 0 unspecified atom stereocenters. The molecule has 1 aromatic carbocycles. The van der Waals surface area contributed by atoms with Crippen molar-refractivity contribution in [2.45, 2.75) is 6.54 Å². The normalized spacial score (nSPS) is 11.0. The molecule has 0 saturated carbocycles. The van der Waals surface area contributed by atoms with Crippen molar-refractivity contribution in [2.24, 2.45) is 14.1 Å². The lowest BCUT2D eigenvalue weighted by Crippen LogP contribution is -2.37. The van der Waals surface area contributed by atoms with Crippen LogP contribution in [-0.2, 0) is 25.4 Å². The molecule has 1 amide bonds. The van der Waals surface area contributed by atoms with Crippen molar-refractivity contribution in [3.8, 4) is 17.0 Å². The van der Waals surface area contributed by atoms with Gasteiger partial charge in [0.15, 0.2) is 16.3 Å². The molecule has 0 aliphatic rings. The van der Waals surface area contributed by atoms with Gasteiger partial charge in [0, 0.05) is 25.0 Å². The summed E-state index contributed by atoms with van der Waals surface area (Å²) in [6, 6.07) is 7.47. The van der Waals surface area contributed by atoms with Crippen molar-refractivity contribution in [3.05, 3.63) is 56.8 Å². The number of hydrogen-bond acceptors (Lipinski definition) is 7. The summed E-state index contributed by atoms with van der Waals surface area (Å²) in [4.78, 5) is 45.6. The number of aromatic nitrogens is 5. The van der Waals surface area contributed by atoms with Gasteiger partial charge in [-0.15, -0.1) is 11.3 Å². The summed E-state index contributed by atoms with van der Waals surface area (Å²) in [5.74, 6) is 0.353. The fourth-order valence-electron chi connectivity index (χ4n) is 3.08. The van der Waals surface area contributed by atoms with Crippen LogP contribution in [0.4, 0.5) is 5.13 Å². The van der Waals surface area contributed by atoms with Gasteiger partial charge in [-0.1, -0.05) is 12.1 Å². The largest absolute Gasteiger partial charge is 0.497 e. The van der Waals surface area contributed by atoms with Crippen molar-refractivity contribution in [1.82, 2.24) is 23.7 Å². The van der Waals surface area contributed by atoms with E-state index < -0.39 is 11.2 Å². The second-order valence-corrected chi connectivity index (χ2v) is 7.43. The Morgan fingerprint density at radius 2 is 2.03 bits per heavy atom. The summed E-state index contributed by atoms with van der Waals surface area (Å²) in [6.07, 6.45) is 1.37. The van der Waals surface area contributed by atoms with Crippen LogP contribution < -0.4 is 21.3 Å². The summed E-state index contributed by atoms with van der Waals surface area (Å²) in [5, 5.41) is 5.00. The maximum absolute atomic E-state index is 12.5. The Morgan fingerprint density at radius 3 is 2.80 bits per heavy atom. The van der Waals surface area contributed by atoms with Crippen LogP contribution in [0.15, 0.2) is 45.6 Å². The molecule has 0 spiro atoms. The number of rotatable bonds is 5. The maximum atomic E-state index is 12.5. The van der Waals surface area contributed by atoms with Crippen LogP contribution in [-0.4, -0.2) is 36.7 Å². The number of thiazole rings is 1. The highest BCUT2D eigenvalue weighted by atomic mass is 32.1. The van der Waals surface area contributed by atoms with Crippen molar-refractivity contribution >= 4 is 33.5 Å². The molecule has 3 heterocycles. The molecule has 0 radical (unpaired) electrons. The van der Waals surface area contributed by atoms with Crippen molar-refractivity contribution < 1.29 is 9.53 Å². The van der Waals surface area contributed by atoms with Crippen LogP contribution >= 0.6 is 11.3 Å². The molecule has 0 saturated heterocycles. The van der Waals surface area contributed by atoms with E-state index in [9.17, 15) is 14.4 Å². The molecule has 0 atom stereocenters. The van der Waals surface area contributed by atoms with Crippen LogP contribution in [0.2, 0.25) is 0 Å². The summed E-state index contributed by atoms with van der Waals surface area (Å²) in [5.41, 5.74) is 1.02. The average Bonchev–Trinajstić information content (AvgIpc) is 3.38. The number of fused-ring (bicyclic) bond motifs is 1. The Kier molecular flexibility index (Phi) is 4.96. The number of ether oxygens (including phenoxy) is 1. The molecule has 4 rings (SSSR count). The third-order valence-corrected chi connectivity index (χ3v) is 5.40. The minimum Gasteiger partial charge on any atom is -0.497 e. The highest BCUT2D eigenvalue weighted by Crippen LogP contribution is 2.27. The molecule has 10 nitrogen and oxygen atoms in total. The fraction of sp³-hybridized carbons (Fsp3) is 0.211. The van der Waals surface area contributed by atoms with Crippen molar-refractivity contribution in [2.75, 3.05) is 12.4 Å². The lowest BCUT2D eigenvalue weighted by molar-refractivity contribution is -0.116. The average molecular weight is 426 g/mol. The quantitative estimate of drug-likeness (QED) is 0.513. The zero-order valence-electron chi connectivity index (χ0n) is 16.4. The van der Waals surface area contributed by atoms with Gasteiger partial charge in [-0.3, -0.25) is 18.7 Å². The zero-order chi connectivity index (χ0) is 21.4. The van der Waals surface area contributed by atoms with Crippen LogP contribution in [0.5, 0.6) is 5.75 Å². The Labute approximate surface area is 174 Å². The fourth-order valence-corrected chi connectivity index (χ4v) is 3.81. The number of nitrogens with zero attached hydrogens (tertiary/aromatic N) is 5. The molecule has 154 valence electrons. The monoisotopic (exact) mass is 426 g/mol. The molecule has 3 aromatic heterocycles. The third-order valence-electron chi connectivity index (χ3n) is 4.65. The van der Waals surface area contributed by atoms with E-state index in [4.69, 9.17) is 4.74 Å². The molecule has 1 N–H and O–H groups in total. The van der Waals surface area contributed by atoms with Gasteiger partial charge in [0.05, 0.1) is 19.1 Å². The summed E-state index contributed by atoms with van der Waals surface area (Å²) in [6.45, 7) is -0.141. The first-order valence-electron chi connectivity index (χ1n) is 8.89. The molecule has 0 aliphatic heterocycles.